The Morgan fingerprint density at radius 3 is 2.86 bits per heavy atom. The quantitative estimate of drug-likeness (QED) is 0.644. The van der Waals surface area contributed by atoms with Crippen LogP contribution in [0.4, 0.5) is 6.01 Å². The molecule has 0 aliphatic carbocycles. The number of hydrogen-bond donors (Lipinski definition) is 2. The van der Waals surface area contributed by atoms with Gasteiger partial charge in [0.15, 0.2) is 16.7 Å². The number of H-pyrrole nitrogens is 1. The van der Waals surface area contributed by atoms with E-state index in [4.69, 9.17) is 25.5 Å². The number of methoxy groups -OCH3 is 1. The molecule has 3 rings (SSSR count). The van der Waals surface area contributed by atoms with Gasteiger partial charge >= 0.3 is 5.97 Å². The summed E-state index contributed by atoms with van der Waals surface area (Å²) in [5, 5.41) is 3.25. The van der Waals surface area contributed by atoms with E-state index in [1.807, 2.05) is 11.8 Å². The summed E-state index contributed by atoms with van der Waals surface area (Å²) in [5.41, 5.74) is 0.837. The monoisotopic (exact) mass is 425 g/mol. The van der Waals surface area contributed by atoms with Gasteiger partial charge in [0, 0.05) is 13.7 Å². The van der Waals surface area contributed by atoms with Crippen LogP contribution in [0.5, 0.6) is 0 Å². The van der Waals surface area contributed by atoms with E-state index in [-0.39, 0.29) is 36.2 Å². The second-order valence-electron chi connectivity index (χ2n) is 6.53. The maximum atomic E-state index is 12.5. The Balaban J connectivity index is 1.63. The molecule has 0 aromatic carbocycles. The van der Waals surface area contributed by atoms with Gasteiger partial charge in [-0.2, -0.15) is 4.98 Å². The number of aromatic amines is 1. The fourth-order valence-corrected chi connectivity index (χ4v) is 3.43. The summed E-state index contributed by atoms with van der Waals surface area (Å²) in [6, 6.07) is 0.0856. The lowest BCUT2D eigenvalue weighted by molar-refractivity contribution is 0.0516. The van der Waals surface area contributed by atoms with Gasteiger partial charge in [-0.15, -0.1) is 0 Å². The van der Waals surface area contributed by atoms with Crippen LogP contribution in [0.1, 0.15) is 47.1 Å². The third kappa shape index (κ3) is 4.70. The van der Waals surface area contributed by atoms with Crippen LogP contribution >= 0.6 is 11.6 Å². The van der Waals surface area contributed by atoms with Crippen molar-refractivity contribution in [2.24, 2.45) is 0 Å². The van der Waals surface area contributed by atoms with Gasteiger partial charge in [-0.25, -0.2) is 9.78 Å². The van der Waals surface area contributed by atoms with Crippen LogP contribution in [0.3, 0.4) is 0 Å². The van der Waals surface area contributed by atoms with E-state index >= 15 is 0 Å². The van der Waals surface area contributed by atoms with E-state index in [0.717, 1.165) is 5.69 Å². The predicted molar refractivity (Wildman–Crippen MR) is 104 cm³/mol. The lowest BCUT2D eigenvalue weighted by atomic mass is 10.0. The van der Waals surface area contributed by atoms with Crippen LogP contribution in [0.25, 0.3) is 0 Å². The van der Waals surface area contributed by atoms with E-state index in [1.54, 1.807) is 14.0 Å². The van der Waals surface area contributed by atoms with Crippen molar-refractivity contribution >= 4 is 29.5 Å². The number of aromatic nitrogens is 3. The number of aryl methyl sites for hydroxylation is 1. The summed E-state index contributed by atoms with van der Waals surface area (Å²) in [5.74, 6) is -0.694. The molecule has 0 bridgehead atoms. The lowest BCUT2D eigenvalue weighted by Crippen LogP contribution is -2.55. The average molecular weight is 426 g/mol. The highest BCUT2D eigenvalue weighted by Gasteiger charge is 2.33. The van der Waals surface area contributed by atoms with Crippen LogP contribution in [0.2, 0.25) is 5.15 Å². The van der Waals surface area contributed by atoms with Crippen molar-refractivity contribution in [2.45, 2.75) is 38.8 Å². The lowest BCUT2D eigenvalue weighted by Gasteiger charge is -2.37. The molecule has 2 atom stereocenters. The van der Waals surface area contributed by atoms with Gasteiger partial charge in [-0.3, -0.25) is 4.79 Å². The zero-order chi connectivity index (χ0) is 21.0. The van der Waals surface area contributed by atoms with Gasteiger partial charge in [0.05, 0.1) is 31.0 Å². The molecule has 1 saturated heterocycles. The van der Waals surface area contributed by atoms with Crippen molar-refractivity contribution in [1.82, 2.24) is 20.3 Å². The third-order valence-corrected chi connectivity index (χ3v) is 5.04. The minimum absolute atomic E-state index is 0.118. The van der Waals surface area contributed by atoms with E-state index < -0.39 is 5.97 Å². The number of rotatable bonds is 7. The molecule has 2 N–H and O–H groups in total. The molecule has 1 aliphatic heterocycles. The summed E-state index contributed by atoms with van der Waals surface area (Å²) in [7, 11) is 1.58. The fourth-order valence-electron chi connectivity index (χ4n) is 3.17. The number of anilines is 1. The number of ether oxygens (including phenoxy) is 2. The second-order valence-corrected chi connectivity index (χ2v) is 6.89. The first kappa shape index (κ1) is 21.1. The van der Waals surface area contributed by atoms with Crippen molar-refractivity contribution in [1.29, 1.82) is 0 Å². The summed E-state index contributed by atoms with van der Waals surface area (Å²) in [6.07, 6.45) is 2.22. The van der Waals surface area contributed by atoms with Crippen molar-refractivity contribution in [3.63, 3.8) is 0 Å². The SMILES string of the molecule is CCOC(=O)c1coc(N2CC[C@H](NC(=O)c3nc(Cl)c(CC)[nH]3)[C@H](OC)C2)n1. The normalized spacial score (nSPS) is 19.2. The van der Waals surface area contributed by atoms with Crippen molar-refractivity contribution in [3.05, 3.63) is 28.6 Å². The molecular weight excluding hydrogens is 402 g/mol. The van der Waals surface area contributed by atoms with Crippen molar-refractivity contribution in [2.75, 3.05) is 31.7 Å². The van der Waals surface area contributed by atoms with E-state index in [9.17, 15) is 9.59 Å². The second kappa shape index (κ2) is 9.27. The fraction of sp³-hybridized carbons (Fsp3) is 0.556. The number of imidazole rings is 1. The summed E-state index contributed by atoms with van der Waals surface area (Å²) in [4.78, 5) is 37.4. The Kier molecular flexibility index (Phi) is 6.75. The first-order chi connectivity index (χ1) is 14.0. The van der Waals surface area contributed by atoms with Crippen LogP contribution < -0.4 is 10.2 Å². The van der Waals surface area contributed by atoms with Crippen LogP contribution in [-0.4, -0.2) is 65.8 Å². The molecule has 2 aromatic rings. The first-order valence-corrected chi connectivity index (χ1v) is 9.80. The summed E-state index contributed by atoms with van der Waals surface area (Å²) in [6.45, 7) is 4.91. The molecule has 10 nitrogen and oxygen atoms in total. The molecule has 158 valence electrons. The number of oxazole rings is 1. The molecule has 0 saturated carbocycles. The number of esters is 1. The highest BCUT2D eigenvalue weighted by Crippen LogP contribution is 2.22. The van der Waals surface area contributed by atoms with Crippen LogP contribution in [0, 0.1) is 0 Å². The Hall–Kier alpha value is -2.59. The Bertz CT molecular complexity index is 867. The Labute approximate surface area is 172 Å². The maximum Gasteiger partial charge on any atom is 0.360 e. The van der Waals surface area contributed by atoms with Crippen LogP contribution in [0.15, 0.2) is 10.7 Å². The van der Waals surface area contributed by atoms with Gasteiger partial charge in [0.1, 0.15) is 6.26 Å². The molecule has 11 heteroatoms. The molecule has 0 radical (unpaired) electrons. The largest absolute Gasteiger partial charge is 0.461 e. The zero-order valence-electron chi connectivity index (χ0n) is 16.5. The summed E-state index contributed by atoms with van der Waals surface area (Å²) >= 11 is 6.01. The number of piperidine rings is 1. The predicted octanol–water partition coefficient (Wildman–Crippen LogP) is 1.81. The number of carbonyl (C=O) groups is 2. The average Bonchev–Trinajstić information content (AvgIpc) is 3.35. The highest BCUT2D eigenvalue weighted by atomic mass is 35.5. The molecule has 29 heavy (non-hydrogen) atoms. The zero-order valence-corrected chi connectivity index (χ0v) is 17.3. The highest BCUT2D eigenvalue weighted by molar-refractivity contribution is 6.30. The molecule has 1 amide bonds. The van der Waals surface area contributed by atoms with Gasteiger partial charge in [-0.1, -0.05) is 18.5 Å². The van der Waals surface area contributed by atoms with E-state index in [1.165, 1.54) is 6.26 Å². The minimum atomic E-state index is -0.531. The van der Waals surface area contributed by atoms with Crippen molar-refractivity contribution < 1.29 is 23.5 Å². The topological polar surface area (TPSA) is 123 Å². The Morgan fingerprint density at radius 2 is 2.21 bits per heavy atom. The standard InChI is InChI=1S/C18H24ClN5O5/c1-4-10-14(19)23-15(20-10)16(25)21-11-6-7-24(8-13(11)27-3)18-22-12(9-29-18)17(26)28-5-2/h9,11,13H,4-8H2,1-3H3,(H,20,23)(H,21,25)/t11-,13+/m0/s1. The Morgan fingerprint density at radius 1 is 1.41 bits per heavy atom. The molecule has 0 spiro atoms. The van der Waals surface area contributed by atoms with Crippen molar-refractivity contribution in [3.8, 4) is 0 Å². The molecule has 0 unspecified atom stereocenters. The minimum Gasteiger partial charge on any atom is -0.461 e. The number of carbonyl (C=O) groups excluding carboxylic acids is 2. The smallest absolute Gasteiger partial charge is 0.360 e. The van der Waals surface area contributed by atoms with Crippen LogP contribution in [-0.2, 0) is 15.9 Å². The third-order valence-electron chi connectivity index (χ3n) is 4.72. The first-order valence-electron chi connectivity index (χ1n) is 9.42. The van der Waals surface area contributed by atoms with Gasteiger partial charge in [0.2, 0.25) is 0 Å². The van der Waals surface area contributed by atoms with E-state index in [0.29, 0.717) is 37.1 Å². The number of halogens is 1. The maximum absolute atomic E-state index is 12.5. The number of amides is 1. The van der Waals surface area contributed by atoms with Gasteiger partial charge < -0.3 is 29.1 Å². The number of hydrogen-bond acceptors (Lipinski definition) is 8. The number of nitrogens with one attached hydrogen (secondary N) is 2. The number of nitrogens with zero attached hydrogens (tertiary/aromatic N) is 3. The van der Waals surface area contributed by atoms with Gasteiger partial charge in [-0.05, 0) is 19.8 Å². The van der Waals surface area contributed by atoms with E-state index in [2.05, 4.69) is 20.3 Å². The molecule has 1 fully saturated rings. The molecule has 3 heterocycles. The van der Waals surface area contributed by atoms with Gasteiger partial charge in [0.25, 0.3) is 11.9 Å². The molecule has 2 aromatic heterocycles. The molecule has 1 aliphatic rings. The molecular formula is C18H24ClN5O5. The summed E-state index contributed by atoms with van der Waals surface area (Å²) < 4.78 is 15.9.